The van der Waals surface area contributed by atoms with E-state index in [1.165, 1.54) is 0 Å². The highest BCUT2D eigenvalue weighted by Crippen LogP contribution is 2.33. The van der Waals surface area contributed by atoms with E-state index in [0.29, 0.717) is 0 Å². The predicted octanol–water partition coefficient (Wildman–Crippen LogP) is 2.78. The van der Waals surface area contributed by atoms with Crippen LogP contribution in [0.1, 0.15) is 0 Å². The fourth-order valence-corrected chi connectivity index (χ4v) is 2.84. The summed E-state index contributed by atoms with van der Waals surface area (Å²) < 4.78 is 17.1. The molecular formula is C17H12N4O2. The maximum atomic E-state index is 5.71. The van der Waals surface area contributed by atoms with Gasteiger partial charge in [0.1, 0.15) is 18.2 Å². The quantitative estimate of drug-likeness (QED) is 0.372. The molecule has 4 aromatic heterocycles. The Hall–Kier alpha value is -3.28. The Bertz CT molecular complexity index is 1130. The molecule has 0 atom stereocenters. The molecule has 0 amide bonds. The van der Waals surface area contributed by atoms with Gasteiger partial charge in [0, 0.05) is 40.9 Å². The van der Waals surface area contributed by atoms with E-state index in [1.54, 1.807) is 25.1 Å². The predicted molar refractivity (Wildman–Crippen MR) is 82.4 cm³/mol. The van der Waals surface area contributed by atoms with Crippen molar-refractivity contribution in [3.63, 3.8) is 0 Å². The zero-order valence-electron chi connectivity index (χ0n) is 12.3. The largest absolute Gasteiger partial charge is 0.470 e. The Labute approximate surface area is 130 Å². The third-order valence-corrected chi connectivity index (χ3v) is 3.96. The van der Waals surface area contributed by atoms with Gasteiger partial charge in [-0.1, -0.05) is 0 Å². The summed E-state index contributed by atoms with van der Waals surface area (Å²) in [5, 5.41) is 3.01. The fourth-order valence-electron chi connectivity index (χ4n) is 2.84. The Balaban J connectivity index is 1.80. The normalized spacial score (nSPS) is 11.7. The van der Waals surface area contributed by atoms with E-state index in [1.807, 2.05) is 45.4 Å². The standard InChI is InChI=1S/C17H12N4O2/c1-19-4-5-21(11-19)15-9-22-16-6-12-8-23-17(13(12)7-14(15)16)20-3-2-18-10-20/h2-10H,1H3. The van der Waals surface area contributed by atoms with Gasteiger partial charge in [0.25, 0.3) is 0 Å². The van der Waals surface area contributed by atoms with Gasteiger partial charge in [-0.2, -0.15) is 0 Å². The highest BCUT2D eigenvalue weighted by atomic mass is 16.3. The van der Waals surface area contributed by atoms with Crippen LogP contribution in [0.3, 0.4) is 0 Å². The van der Waals surface area contributed by atoms with Crippen molar-refractivity contribution >= 4 is 21.7 Å². The summed E-state index contributed by atoms with van der Waals surface area (Å²) in [7, 11) is 1.93. The van der Waals surface area contributed by atoms with Crippen molar-refractivity contribution in [2.24, 2.45) is 7.05 Å². The highest BCUT2D eigenvalue weighted by Gasteiger charge is 2.14. The number of hydrogen-bond acceptors (Lipinski definition) is 3. The Morgan fingerprint density at radius 2 is 2.09 bits per heavy atom. The van der Waals surface area contributed by atoms with Crippen LogP contribution in [0.5, 0.6) is 0 Å². The number of aromatic nitrogens is 4. The van der Waals surface area contributed by atoms with Gasteiger partial charge in [-0.15, -0.1) is 0 Å². The number of imidazole rings is 2. The molecule has 0 spiro atoms. The van der Waals surface area contributed by atoms with Gasteiger partial charge in [0.05, 0.1) is 19.0 Å². The highest BCUT2D eigenvalue weighted by molar-refractivity contribution is 6.01. The first kappa shape index (κ1) is 12.3. The molecule has 0 unspecified atom stereocenters. The van der Waals surface area contributed by atoms with Crippen molar-refractivity contribution in [3.05, 3.63) is 62.1 Å². The van der Waals surface area contributed by atoms with E-state index < -0.39 is 0 Å². The van der Waals surface area contributed by atoms with E-state index in [-0.39, 0.29) is 0 Å². The van der Waals surface area contributed by atoms with Crippen LogP contribution in [-0.4, -0.2) is 14.1 Å². The molecule has 112 valence electrons. The molecule has 0 aliphatic carbocycles. The lowest BCUT2D eigenvalue weighted by atomic mass is 10.1. The Morgan fingerprint density at radius 1 is 1.13 bits per heavy atom. The molecule has 23 heavy (non-hydrogen) atoms. The number of benzene rings is 1. The topological polar surface area (TPSA) is 52.9 Å². The first-order valence-corrected chi connectivity index (χ1v) is 7.17. The molecule has 6 nitrogen and oxygen atoms in total. The van der Waals surface area contributed by atoms with E-state index >= 15 is 0 Å². The SMILES string of the molecule is C[n+]1[c-]n(-c2coc3cc4coc(-n5ccnc5)c4cc23)cc1. The van der Waals surface area contributed by atoms with Crippen LogP contribution in [0.4, 0.5) is 0 Å². The molecule has 0 bridgehead atoms. The molecule has 5 rings (SSSR count). The minimum absolute atomic E-state index is 0.744. The fraction of sp³-hybridized carbons (Fsp3) is 0.0588. The van der Waals surface area contributed by atoms with Gasteiger partial charge in [-0.05, 0) is 12.1 Å². The zero-order chi connectivity index (χ0) is 15.4. The van der Waals surface area contributed by atoms with Crippen molar-refractivity contribution in [2.75, 3.05) is 0 Å². The van der Waals surface area contributed by atoms with Crippen LogP contribution in [0.15, 0.2) is 64.6 Å². The summed E-state index contributed by atoms with van der Waals surface area (Å²) >= 11 is 0. The lowest BCUT2D eigenvalue weighted by Gasteiger charge is -2.00. The molecule has 1 aromatic carbocycles. The van der Waals surface area contributed by atoms with Crippen LogP contribution < -0.4 is 4.57 Å². The monoisotopic (exact) mass is 304 g/mol. The molecule has 5 aromatic rings. The molecule has 0 radical (unpaired) electrons. The van der Waals surface area contributed by atoms with E-state index in [4.69, 9.17) is 8.83 Å². The summed E-state index contributed by atoms with van der Waals surface area (Å²) in [6, 6.07) is 4.07. The minimum Gasteiger partial charge on any atom is -0.470 e. The third kappa shape index (κ3) is 1.75. The number of furan rings is 2. The minimum atomic E-state index is 0.744. The average Bonchev–Trinajstić information content (AvgIpc) is 3.30. The molecule has 0 N–H and O–H groups in total. The van der Waals surface area contributed by atoms with Crippen LogP contribution >= 0.6 is 0 Å². The number of fused-ring (bicyclic) bond motifs is 2. The van der Waals surface area contributed by atoms with Gasteiger partial charge in [0.2, 0.25) is 12.2 Å². The number of rotatable bonds is 2. The molecule has 0 aliphatic rings. The summed E-state index contributed by atoms with van der Waals surface area (Å²) in [4.78, 5) is 4.08. The van der Waals surface area contributed by atoms with Gasteiger partial charge < -0.3 is 18.0 Å². The van der Waals surface area contributed by atoms with Crippen LogP contribution in [-0.2, 0) is 7.05 Å². The summed E-state index contributed by atoms with van der Waals surface area (Å²) in [6.45, 7) is 0. The van der Waals surface area contributed by atoms with E-state index in [9.17, 15) is 0 Å². The molecule has 0 aliphatic heterocycles. The smallest absolute Gasteiger partial charge is 0.243 e. The van der Waals surface area contributed by atoms with Crippen LogP contribution in [0.25, 0.3) is 33.3 Å². The lowest BCUT2D eigenvalue weighted by molar-refractivity contribution is -0.674. The molecule has 4 heterocycles. The van der Waals surface area contributed by atoms with Gasteiger partial charge >= 0.3 is 0 Å². The Morgan fingerprint density at radius 3 is 2.87 bits per heavy atom. The van der Waals surface area contributed by atoms with Crippen molar-refractivity contribution in [1.82, 2.24) is 14.1 Å². The number of hydrogen-bond donors (Lipinski definition) is 0. The Kier molecular flexibility index (Phi) is 2.33. The maximum absolute atomic E-state index is 5.71. The maximum Gasteiger partial charge on any atom is 0.243 e. The van der Waals surface area contributed by atoms with Crippen molar-refractivity contribution < 1.29 is 13.4 Å². The third-order valence-electron chi connectivity index (χ3n) is 3.96. The zero-order valence-corrected chi connectivity index (χ0v) is 12.3. The van der Waals surface area contributed by atoms with E-state index in [2.05, 4.69) is 17.4 Å². The molecular weight excluding hydrogens is 292 g/mol. The van der Waals surface area contributed by atoms with Crippen molar-refractivity contribution in [2.45, 2.75) is 0 Å². The number of nitrogens with zero attached hydrogens (tertiary/aromatic N) is 4. The second kappa shape index (κ2) is 4.36. The van der Waals surface area contributed by atoms with Gasteiger partial charge in [-0.3, -0.25) is 4.57 Å². The average molecular weight is 304 g/mol. The van der Waals surface area contributed by atoms with Gasteiger partial charge in [-0.25, -0.2) is 4.98 Å². The lowest BCUT2D eigenvalue weighted by Crippen LogP contribution is -2.24. The first-order chi connectivity index (χ1) is 11.3. The van der Waals surface area contributed by atoms with E-state index in [0.717, 1.165) is 33.3 Å². The second-order valence-corrected chi connectivity index (χ2v) is 5.45. The second-order valence-electron chi connectivity index (χ2n) is 5.45. The molecule has 0 saturated heterocycles. The van der Waals surface area contributed by atoms with Crippen LogP contribution in [0.2, 0.25) is 0 Å². The summed E-state index contributed by atoms with van der Waals surface area (Å²) in [6.07, 6.45) is 15.9. The van der Waals surface area contributed by atoms with Gasteiger partial charge in [0.15, 0.2) is 0 Å². The first-order valence-electron chi connectivity index (χ1n) is 7.17. The number of aryl methyl sites for hydroxylation is 1. The van der Waals surface area contributed by atoms with Crippen molar-refractivity contribution in [1.29, 1.82) is 0 Å². The molecule has 0 fully saturated rings. The van der Waals surface area contributed by atoms with Crippen molar-refractivity contribution in [3.8, 4) is 11.6 Å². The van der Waals surface area contributed by atoms with Crippen LogP contribution in [0, 0.1) is 6.33 Å². The molecule has 6 heteroatoms. The summed E-state index contributed by atoms with van der Waals surface area (Å²) in [5.41, 5.74) is 1.76. The molecule has 0 saturated carbocycles. The summed E-state index contributed by atoms with van der Waals surface area (Å²) in [5.74, 6) is 0.744.